The maximum absolute atomic E-state index is 13.4. The summed E-state index contributed by atoms with van der Waals surface area (Å²) in [5.74, 6) is -0.00548. The number of nitrogens with zero attached hydrogens (tertiary/aromatic N) is 2. The number of piperidine rings is 1. The molecule has 3 heterocycles. The molecule has 1 saturated heterocycles. The van der Waals surface area contributed by atoms with Crippen LogP contribution in [0, 0.1) is 6.92 Å². The molecular weight excluding hydrogens is 416 g/mol. The third-order valence-electron chi connectivity index (χ3n) is 5.66. The molecule has 2 amide bonds. The first-order valence-electron chi connectivity index (χ1n) is 10.2. The van der Waals surface area contributed by atoms with E-state index in [2.05, 4.69) is 27.8 Å². The predicted molar refractivity (Wildman–Crippen MR) is 124 cm³/mol. The summed E-state index contributed by atoms with van der Waals surface area (Å²) >= 11 is 2.94. The summed E-state index contributed by atoms with van der Waals surface area (Å²) in [4.78, 5) is 33.9. The van der Waals surface area contributed by atoms with Crippen molar-refractivity contribution >= 4 is 49.7 Å². The highest BCUT2D eigenvalue weighted by atomic mass is 32.1. The summed E-state index contributed by atoms with van der Waals surface area (Å²) in [6.45, 7) is 2.63. The number of aryl methyl sites for hydroxylation is 1. The monoisotopic (exact) mass is 442 g/mol. The summed E-state index contributed by atoms with van der Waals surface area (Å²) in [7, 11) is 3.48. The van der Waals surface area contributed by atoms with Crippen molar-refractivity contribution in [2.24, 2.45) is 0 Å². The number of likely N-dealkylation sites (tertiary alicyclic amines) is 1. The average Bonchev–Trinajstić information content (AvgIpc) is 3.33. The number of thiophene rings is 1. The van der Waals surface area contributed by atoms with Gasteiger partial charge in [0.25, 0.3) is 11.8 Å². The molecule has 0 spiro atoms. The number of rotatable bonds is 5. The lowest BCUT2D eigenvalue weighted by molar-refractivity contribution is 0.0618. The molecule has 4 rings (SSSR count). The quantitative estimate of drug-likeness (QED) is 0.618. The number of benzene rings is 1. The maximum Gasteiger partial charge on any atom is 0.266 e. The highest BCUT2D eigenvalue weighted by Crippen LogP contribution is 2.35. The molecule has 0 bridgehead atoms. The minimum absolute atomic E-state index is 0.0530. The molecule has 8 heteroatoms. The molecule has 1 unspecified atom stereocenters. The molecule has 0 aliphatic carbocycles. The van der Waals surface area contributed by atoms with E-state index in [1.807, 2.05) is 31.0 Å². The van der Waals surface area contributed by atoms with Crippen LogP contribution in [-0.4, -0.2) is 48.4 Å². The smallest absolute Gasteiger partial charge is 0.266 e. The molecule has 1 aromatic carbocycles. The minimum atomic E-state index is -0.0585. The van der Waals surface area contributed by atoms with Crippen molar-refractivity contribution in [1.29, 1.82) is 0 Å². The molecule has 0 radical (unpaired) electrons. The van der Waals surface area contributed by atoms with Crippen molar-refractivity contribution in [3.05, 3.63) is 45.3 Å². The van der Waals surface area contributed by atoms with Crippen LogP contribution in [0.2, 0.25) is 0 Å². The van der Waals surface area contributed by atoms with E-state index in [-0.39, 0.29) is 17.9 Å². The van der Waals surface area contributed by atoms with Gasteiger partial charge in [-0.3, -0.25) is 9.59 Å². The van der Waals surface area contributed by atoms with Gasteiger partial charge >= 0.3 is 0 Å². The van der Waals surface area contributed by atoms with Gasteiger partial charge in [-0.2, -0.15) is 0 Å². The number of anilines is 1. The highest BCUT2D eigenvalue weighted by Gasteiger charge is 2.32. The topological polar surface area (TPSA) is 74.3 Å². The Morgan fingerprint density at radius 3 is 2.70 bits per heavy atom. The first kappa shape index (κ1) is 20.8. The molecule has 0 saturated carbocycles. The van der Waals surface area contributed by atoms with Gasteiger partial charge in [-0.15, -0.1) is 11.3 Å². The molecule has 30 heavy (non-hydrogen) atoms. The van der Waals surface area contributed by atoms with Crippen LogP contribution in [0.1, 0.15) is 49.9 Å². The zero-order chi connectivity index (χ0) is 21.3. The Kier molecular flexibility index (Phi) is 6.06. The number of hydrogen-bond donors (Lipinski definition) is 2. The molecular formula is C22H26N4O2S2. The van der Waals surface area contributed by atoms with Crippen molar-refractivity contribution in [1.82, 2.24) is 15.2 Å². The van der Waals surface area contributed by atoms with Gasteiger partial charge in [-0.05, 0) is 49.6 Å². The third-order valence-corrected chi connectivity index (χ3v) is 8.04. The van der Waals surface area contributed by atoms with Gasteiger partial charge in [-0.25, -0.2) is 4.98 Å². The van der Waals surface area contributed by atoms with Crippen LogP contribution in [0.15, 0.2) is 24.3 Å². The number of amides is 2. The fraction of sp³-hybridized carbons (Fsp3) is 0.409. The van der Waals surface area contributed by atoms with Crippen LogP contribution in [0.25, 0.3) is 10.1 Å². The van der Waals surface area contributed by atoms with Crippen LogP contribution in [-0.2, 0) is 6.42 Å². The van der Waals surface area contributed by atoms with Crippen molar-refractivity contribution in [2.45, 2.75) is 38.6 Å². The number of hydrogen-bond acceptors (Lipinski definition) is 6. The lowest BCUT2D eigenvalue weighted by Crippen LogP contribution is -2.45. The van der Waals surface area contributed by atoms with Gasteiger partial charge in [0.1, 0.15) is 4.88 Å². The molecule has 1 atom stereocenters. The lowest BCUT2D eigenvalue weighted by Gasteiger charge is -2.36. The lowest BCUT2D eigenvalue weighted by atomic mass is 9.93. The summed E-state index contributed by atoms with van der Waals surface area (Å²) < 4.78 is 1.11. The van der Waals surface area contributed by atoms with Gasteiger partial charge in [0, 0.05) is 31.4 Å². The van der Waals surface area contributed by atoms with Gasteiger partial charge in [0.05, 0.1) is 10.6 Å². The molecule has 2 aromatic heterocycles. The second-order valence-corrected chi connectivity index (χ2v) is 9.57. The standard InChI is InChI=1S/C22H26N4O2S2/c1-13-18(30-22(24-3)25-13)21(28)26-11-7-6-8-14(26)12-16-15-9-4-5-10-17(15)29-19(16)20(27)23-2/h4-5,9-10,14H,6-8,11-12H2,1-3H3,(H,23,27)(H,24,25). The number of thiazole rings is 1. The van der Waals surface area contributed by atoms with E-state index in [0.717, 1.165) is 57.2 Å². The third kappa shape index (κ3) is 3.81. The van der Waals surface area contributed by atoms with Crippen LogP contribution < -0.4 is 10.6 Å². The van der Waals surface area contributed by atoms with E-state index >= 15 is 0 Å². The Hall–Kier alpha value is -2.45. The molecule has 1 aliphatic heterocycles. The number of carbonyl (C=O) groups is 2. The van der Waals surface area contributed by atoms with Crippen molar-refractivity contribution in [3.8, 4) is 0 Å². The summed E-state index contributed by atoms with van der Waals surface area (Å²) in [5.41, 5.74) is 1.82. The zero-order valence-electron chi connectivity index (χ0n) is 17.4. The first-order valence-corrected chi connectivity index (χ1v) is 11.9. The van der Waals surface area contributed by atoms with Gasteiger partial charge in [0.15, 0.2) is 5.13 Å². The normalized spacial score (nSPS) is 16.6. The Morgan fingerprint density at radius 1 is 1.17 bits per heavy atom. The van der Waals surface area contributed by atoms with E-state index < -0.39 is 0 Å². The van der Waals surface area contributed by atoms with Gasteiger partial charge in [-0.1, -0.05) is 29.5 Å². The predicted octanol–water partition coefficient (Wildman–Crippen LogP) is 4.30. The van der Waals surface area contributed by atoms with E-state index in [9.17, 15) is 9.59 Å². The van der Waals surface area contributed by atoms with Crippen LogP contribution in [0.4, 0.5) is 5.13 Å². The van der Waals surface area contributed by atoms with Crippen LogP contribution in [0.5, 0.6) is 0 Å². The zero-order valence-corrected chi connectivity index (χ0v) is 19.1. The minimum Gasteiger partial charge on any atom is -0.365 e. The second-order valence-electron chi connectivity index (χ2n) is 7.52. The van der Waals surface area contributed by atoms with Crippen LogP contribution in [0.3, 0.4) is 0 Å². The van der Waals surface area contributed by atoms with Crippen molar-refractivity contribution in [2.75, 3.05) is 26.0 Å². The van der Waals surface area contributed by atoms with E-state index in [1.165, 1.54) is 22.7 Å². The highest BCUT2D eigenvalue weighted by molar-refractivity contribution is 7.21. The Labute approximate surface area is 184 Å². The Balaban J connectivity index is 1.68. The molecule has 3 aromatic rings. The summed E-state index contributed by atoms with van der Waals surface area (Å²) in [5, 5.41) is 7.68. The molecule has 6 nitrogen and oxygen atoms in total. The Morgan fingerprint density at radius 2 is 1.97 bits per heavy atom. The average molecular weight is 443 g/mol. The van der Waals surface area contributed by atoms with Gasteiger partial charge < -0.3 is 15.5 Å². The van der Waals surface area contributed by atoms with Crippen molar-refractivity contribution < 1.29 is 9.59 Å². The van der Waals surface area contributed by atoms with E-state index in [1.54, 1.807) is 7.05 Å². The first-order chi connectivity index (χ1) is 14.5. The SMILES string of the molecule is CNC(=O)c1sc2ccccc2c1CC1CCCCN1C(=O)c1sc(NC)nc1C. The van der Waals surface area contributed by atoms with Crippen LogP contribution >= 0.6 is 22.7 Å². The Bertz CT molecular complexity index is 1090. The fourth-order valence-corrected chi connectivity index (χ4v) is 6.20. The van der Waals surface area contributed by atoms with Crippen molar-refractivity contribution in [3.63, 3.8) is 0 Å². The molecule has 1 fully saturated rings. The summed E-state index contributed by atoms with van der Waals surface area (Å²) in [6.07, 6.45) is 3.73. The summed E-state index contributed by atoms with van der Waals surface area (Å²) in [6, 6.07) is 8.22. The second kappa shape index (κ2) is 8.73. The fourth-order valence-electron chi connectivity index (χ4n) is 4.15. The molecule has 158 valence electrons. The number of nitrogens with one attached hydrogen (secondary N) is 2. The number of carbonyl (C=O) groups excluding carboxylic acids is 2. The number of aromatic nitrogens is 1. The molecule has 2 N–H and O–H groups in total. The number of fused-ring (bicyclic) bond motifs is 1. The van der Waals surface area contributed by atoms with E-state index in [4.69, 9.17) is 0 Å². The van der Waals surface area contributed by atoms with E-state index in [0.29, 0.717) is 11.3 Å². The molecule has 1 aliphatic rings. The largest absolute Gasteiger partial charge is 0.365 e. The van der Waals surface area contributed by atoms with Gasteiger partial charge in [0.2, 0.25) is 0 Å². The maximum atomic E-state index is 13.4.